The number of methoxy groups -OCH3 is 2. The molecule has 0 saturated heterocycles. The Labute approximate surface area is 321 Å². The Hall–Kier alpha value is -6.70. The van der Waals surface area contributed by atoms with E-state index >= 15 is 0 Å². The van der Waals surface area contributed by atoms with Gasteiger partial charge in [-0.15, -0.1) is 0 Å². The summed E-state index contributed by atoms with van der Waals surface area (Å²) in [4.78, 5) is 78.7. The molecule has 56 heavy (non-hydrogen) atoms. The van der Waals surface area contributed by atoms with Crippen molar-refractivity contribution in [3.63, 3.8) is 0 Å². The van der Waals surface area contributed by atoms with Gasteiger partial charge in [0.2, 0.25) is 0 Å². The van der Waals surface area contributed by atoms with Crippen LogP contribution in [0.4, 0.5) is 11.4 Å². The van der Waals surface area contributed by atoms with Gasteiger partial charge < -0.3 is 40.3 Å². The molecule has 2 aliphatic heterocycles. The number of carboxylic acids is 2. The molecule has 0 unspecified atom stereocenters. The largest absolute Gasteiger partial charge is 0.497 e. The number of carboxylic acid groups (broad SMARTS) is 2. The number of hydrogen-bond donors (Lipinski definition) is 6. The Morgan fingerprint density at radius 3 is 1.43 bits per heavy atom. The summed E-state index contributed by atoms with van der Waals surface area (Å²) in [6.45, 7) is 0. The predicted molar refractivity (Wildman–Crippen MR) is 207 cm³/mol. The molecule has 6 N–H and O–H groups in total. The van der Waals surface area contributed by atoms with Gasteiger partial charge in [0, 0.05) is 82.1 Å². The molecular formula is C42H40N4O10. The number of aromatic nitrogens is 2. The van der Waals surface area contributed by atoms with Crippen LogP contribution in [0.2, 0.25) is 0 Å². The minimum absolute atomic E-state index is 0.0282. The Morgan fingerprint density at radius 2 is 1.05 bits per heavy atom. The number of benzene rings is 2. The summed E-state index contributed by atoms with van der Waals surface area (Å²) >= 11 is 0. The maximum absolute atomic E-state index is 12.5. The molecule has 4 heterocycles. The summed E-state index contributed by atoms with van der Waals surface area (Å²) in [7, 11) is 3.12. The van der Waals surface area contributed by atoms with Gasteiger partial charge in [-0.3, -0.25) is 28.8 Å². The number of hydrogen-bond acceptors (Lipinski definition) is 8. The average molecular weight is 761 g/mol. The van der Waals surface area contributed by atoms with Crippen LogP contribution in [0.3, 0.4) is 0 Å². The quantitative estimate of drug-likeness (QED) is 0.102. The van der Waals surface area contributed by atoms with E-state index in [4.69, 9.17) is 19.7 Å². The normalized spacial score (nSPS) is 16.7. The molecule has 0 fully saturated rings. The first kappa shape index (κ1) is 37.6. The minimum atomic E-state index is -0.925. The van der Waals surface area contributed by atoms with Crippen molar-refractivity contribution in [3.8, 4) is 11.5 Å². The van der Waals surface area contributed by atoms with E-state index in [0.29, 0.717) is 91.6 Å². The summed E-state index contributed by atoms with van der Waals surface area (Å²) < 4.78 is 10.5. The maximum Gasteiger partial charge on any atom is 0.303 e. The molecule has 0 bridgehead atoms. The Balaban J connectivity index is 0.000000172. The van der Waals surface area contributed by atoms with E-state index in [1.165, 1.54) is 0 Å². The number of aryl methyl sites for hydroxylation is 2. The summed E-state index contributed by atoms with van der Waals surface area (Å²) in [5.41, 5.74) is 9.19. The fourth-order valence-electron chi connectivity index (χ4n) is 7.78. The number of ketones is 2. The smallest absolute Gasteiger partial charge is 0.303 e. The topological polar surface area (TPSA) is 217 Å². The highest BCUT2D eigenvalue weighted by Crippen LogP contribution is 2.39. The summed E-state index contributed by atoms with van der Waals surface area (Å²) in [6.07, 6.45) is 7.66. The molecule has 2 amide bonds. The molecule has 8 rings (SSSR count). The highest BCUT2D eigenvalue weighted by molar-refractivity contribution is 6.35. The van der Waals surface area contributed by atoms with Gasteiger partial charge in [-0.25, -0.2) is 0 Å². The van der Waals surface area contributed by atoms with Crippen molar-refractivity contribution in [1.29, 1.82) is 0 Å². The Morgan fingerprint density at radius 1 is 0.643 bits per heavy atom. The van der Waals surface area contributed by atoms with Gasteiger partial charge in [-0.2, -0.15) is 0 Å². The van der Waals surface area contributed by atoms with Gasteiger partial charge in [0.1, 0.15) is 11.5 Å². The molecule has 0 spiro atoms. The number of amides is 2. The molecule has 2 aliphatic carbocycles. The second-order valence-corrected chi connectivity index (χ2v) is 13.9. The van der Waals surface area contributed by atoms with E-state index in [1.807, 2.05) is 0 Å². The fraction of sp³-hybridized carbons (Fsp3) is 0.286. The summed E-state index contributed by atoms with van der Waals surface area (Å²) in [5, 5.41) is 23.8. The maximum atomic E-state index is 12.5. The number of anilines is 2. The second-order valence-electron chi connectivity index (χ2n) is 13.9. The number of aliphatic carboxylic acids is 2. The average Bonchev–Trinajstić information content (AvgIpc) is 3.90. The van der Waals surface area contributed by atoms with Gasteiger partial charge in [0.25, 0.3) is 11.8 Å². The van der Waals surface area contributed by atoms with Crippen LogP contribution in [0.25, 0.3) is 23.3 Å². The fourth-order valence-corrected chi connectivity index (χ4v) is 7.78. The van der Waals surface area contributed by atoms with Gasteiger partial charge in [0.05, 0.1) is 25.4 Å². The van der Waals surface area contributed by atoms with Gasteiger partial charge in [-0.05, 0) is 98.2 Å². The van der Waals surface area contributed by atoms with E-state index in [0.717, 1.165) is 37.1 Å². The number of carbonyl (C=O) groups is 6. The number of fused-ring (bicyclic) bond motifs is 4. The zero-order chi connectivity index (χ0) is 39.7. The third-order valence-electron chi connectivity index (χ3n) is 10.4. The molecule has 2 aromatic carbocycles. The summed E-state index contributed by atoms with van der Waals surface area (Å²) in [5.74, 6) is -1.02. The molecule has 14 heteroatoms. The summed E-state index contributed by atoms with van der Waals surface area (Å²) in [6, 6.07) is 10.7. The van der Waals surface area contributed by atoms with Crippen LogP contribution < -0.4 is 20.1 Å². The van der Waals surface area contributed by atoms with Crippen molar-refractivity contribution in [1.82, 2.24) is 9.97 Å². The third kappa shape index (κ3) is 7.37. The van der Waals surface area contributed by atoms with Crippen molar-refractivity contribution in [2.75, 3.05) is 24.9 Å². The first-order chi connectivity index (χ1) is 26.9. The zero-order valence-electron chi connectivity index (χ0n) is 30.9. The molecule has 0 saturated carbocycles. The lowest BCUT2D eigenvalue weighted by Crippen LogP contribution is -2.11. The van der Waals surface area contributed by atoms with Crippen LogP contribution in [-0.4, -0.2) is 69.7 Å². The lowest BCUT2D eigenvalue weighted by Gasteiger charge is -2.11. The van der Waals surface area contributed by atoms with Crippen molar-refractivity contribution < 1.29 is 48.5 Å². The molecule has 0 radical (unpaired) electrons. The molecule has 4 aliphatic rings. The Bertz CT molecular complexity index is 2230. The molecule has 288 valence electrons. The molecule has 2 aromatic heterocycles. The molecule has 4 aromatic rings. The lowest BCUT2D eigenvalue weighted by molar-refractivity contribution is -0.138. The van der Waals surface area contributed by atoms with E-state index in [-0.39, 0.29) is 49.1 Å². The molecule has 0 atom stereocenters. The van der Waals surface area contributed by atoms with Gasteiger partial charge in [-0.1, -0.05) is 0 Å². The third-order valence-corrected chi connectivity index (χ3v) is 10.4. The molecule has 14 nitrogen and oxygen atoms in total. The molecular weight excluding hydrogens is 720 g/mol. The first-order valence-corrected chi connectivity index (χ1v) is 18.4. The van der Waals surface area contributed by atoms with Crippen LogP contribution in [0.1, 0.15) is 104 Å². The zero-order valence-corrected chi connectivity index (χ0v) is 30.9. The number of rotatable bonds is 10. The lowest BCUT2D eigenvalue weighted by atomic mass is 9.91. The van der Waals surface area contributed by atoms with Crippen LogP contribution in [0, 0.1) is 0 Å². The van der Waals surface area contributed by atoms with Gasteiger partial charge in [0.15, 0.2) is 11.6 Å². The van der Waals surface area contributed by atoms with Crippen LogP contribution in [-0.2, 0) is 44.9 Å². The highest BCUT2D eigenvalue weighted by atomic mass is 16.5. The Kier molecular flexibility index (Phi) is 10.5. The van der Waals surface area contributed by atoms with Gasteiger partial charge >= 0.3 is 11.9 Å². The predicted octanol–water partition coefficient (Wildman–Crippen LogP) is 6.10. The van der Waals surface area contributed by atoms with E-state index in [1.54, 1.807) is 62.8 Å². The van der Waals surface area contributed by atoms with Crippen molar-refractivity contribution in [2.45, 2.75) is 64.2 Å². The van der Waals surface area contributed by atoms with Crippen LogP contribution in [0.15, 0.2) is 36.4 Å². The number of H-pyrrole nitrogens is 2. The number of ether oxygens (including phenoxy) is 2. The number of aromatic amines is 2. The number of nitrogens with one attached hydrogen (secondary N) is 4. The van der Waals surface area contributed by atoms with Crippen molar-refractivity contribution in [3.05, 3.63) is 92.6 Å². The second kappa shape index (κ2) is 15.6. The highest BCUT2D eigenvalue weighted by Gasteiger charge is 2.31. The number of carbonyl (C=O) groups excluding carboxylic acids is 4. The standard InChI is InChI=1S/2C21H20N2O5/c2*1-28-11-5-7-15-13(9-11)14(21(27)23-15)10-17-12(6-8-19(25)26)20-16(22-17)3-2-4-18(20)24/h2*5,7,9-10,22H,2-4,6,8H2,1H3,(H,23,27)(H,25,26)/b14-10-;. The van der Waals surface area contributed by atoms with E-state index < -0.39 is 11.9 Å². The van der Waals surface area contributed by atoms with Crippen LogP contribution in [0.5, 0.6) is 11.5 Å². The van der Waals surface area contributed by atoms with E-state index in [2.05, 4.69) is 20.6 Å². The SMILES string of the molecule is COc1ccc2c(c1)/C(=C/c1[nH]c3c(c1CCC(=O)O)C(=O)CCC3)C(=O)N2.COc1ccc2c(c1)C(=Cc1[nH]c3c(c1CCC(=O)O)C(=O)CCC3)C(=O)N2. The minimum Gasteiger partial charge on any atom is -0.497 e. The van der Waals surface area contributed by atoms with Crippen molar-refractivity contribution in [2.24, 2.45) is 0 Å². The van der Waals surface area contributed by atoms with Crippen molar-refractivity contribution >= 4 is 70.0 Å². The first-order valence-electron chi connectivity index (χ1n) is 18.4. The van der Waals surface area contributed by atoms with E-state index in [9.17, 15) is 28.8 Å². The van der Waals surface area contributed by atoms with Crippen LogP contribution >= 0.6 is 0 Å². The number of Topliss-reactive ketones (excluding diaryl/α,β-unsaturated/α-hetero) is 2. The monoisotopic (exact) mass is 760 g/mol.